The summed E-state index contributed by atoms with van der Waals surface area (Å²) in [6.45, 7) is 3.62. The van der Waals surface area contributed by atoms with Gasteiger partial charge in [0.25, 0.3) is 11.9 Å². The molecule has 1 saturated carbocycles. The zero-order valence-electron chi connectivity index (χ0n) is 18.7. The second-order valence-electron chi connectivity index (χ2n) is 8.46. The molecule has 0 radical (unpaired) electrons. The average Bonchev–Trinajstić information content (AvgIpc) is 3.62. The molecule has 1 aliphatic heterocycles. The molecule has 1 aliphatic carbocycles. The lowest BCUT2D eigenvalue weighted by Crippen LogP contribution is -2.49. The number of aliphatic hydroxyl groups excluding tert-OH is 1. The summed E-state index contributed by atoms with van der Waals surface area (Å²) in [5.41, 5.74) is 3.24. The number of β-amino-alcohol motifs (C(OH)–C–C–N with tert-alkyl or cyclic N) is 1. The van der Waals surface area contributed by atoms with Crippen LogP contribution in [0.4, 0.5) is 0 Å². The number of nitrogens with zero attached hydrogens (tertiary/aromatic N) is 6. The molecule has 0 spiro atoms. The minimum atomic E-state index is 0.00995. The van der Waals surface area contributed by atoms with Crippen LogP contribution in [0.25, 0.3) is 17.2 Å². The molecule has 2 fully saturated rings. The molecule has 3 aromatic rings. The third kappa shape index (κ3) is 4.46. The molecule has 1 aromatic carbocycles. The highest BCUT2D eigenvalue weighted by molar-refractivity contribution is 5.95. The number of amides is 1. The van der Waals surface area contributed by atoms with E-state index >= 15 is 0 Å². The summed E-state index contributed by atoms with van der Waals surface area (Å²) >= 11 is 0. The summed E-state index contributed by atoms with van der Waals surface area (Å²) in [7, 11) is 1.64. The highest BCUT2D eigenvalue weighted by Crippen LogP contribution is 2.42. The molecule has 0 bridgehead atoms. The van der Waals surface area contributed by atoms with Gasteiger partial charge >= 0.3 is 0 Å². The molecular formula is C24H28N6O3. The topological polar surface area (TPSA) is 96.6 Å². The van der Waals surface area contributed by atoms with Crippen molar-refractivity contribution in [2.45, 2.75) is 18.8 Å². The van der Waals surface area contributed by atoms with Crippen molar-refractivity contribution in [1.82, 2.24) is 29.5 Å². The standard InChI is InChI=1S/C24H28N6O3/c1-33-19-4-2-3-18(15-19)21-7-8-25-24(27-21)30-22(17-5-6-17)20(16-26-30)23(32)29-11-9-28(10-12-29)13-14-31/h2-4,7-8,15-17,31H,5-6,9-14H2,1H3. The lowest BCUT2D eigenvalue weighted by Gasteiger charge is -2.34. The molecule has 1 saturated heterocycles. The van der Waals surface area contributed by atoms with Gasteiger partial charge in [-0.3, -0.25) is 9.69 Å². The SMILES string of the molecule is COc1cccc(-c2ccnc(-n3ncc(C(=O)N4CCN(CCO)CC4)c3C3CC3)n2)c1. The second kappa shape index (κ2) is 9.29. The molecule has 1 N–H and O–H groups in total. The van der Waals surface area contributed by atoms with Gasteiger partial charge in [-0.05, 0) is 31.0 Å². The van der Waals surface area contributed by atoms with Crippen molar-refractivity contribution in [2.24, 2.45) is 0 Å². The molecule has 1 amide bonds. The predicted octanol–water partition coefficient (Wildman–Crippen LogP) is 1.97. The Morgan fingerprint density at radius 3 is 2.73 bits per heavy atom. The van der Waals surface area contributed by atoms with Crippen LogP contribution in [-0.4, -0.2) is 87.0 Å². The molecule has 5 rings (SSSR count). The Kier molecular flexibility index (Phi) is 6.06. The molecule has 9 heteroatoms. The maximum Gasteiger partial charge on any atom is 0.257 e. The van der Waals surface area contributed by atoms with E-state index in [1.165, 1.54) is 0 Å². The van der Waals surface area contributed by atoms with Crippen LogP contribution < -0.4 is 4.74 Å². The molecule has 9 nitrogen and oxygen atoms in total. The first kappa shape index (κ1) is 21.5. The van der Waals surface area contributed by atoms with E-state index in [0.29, 0.717) is 37.1 Å². The molecule has 3 heterocycles. The number of carbonyl (C=O) groups is 1. The minimum absolute atomic E-state index is 0.00995. The number of carbonyl (C=O) groups excluding carboxylic acids is 1. The number of aromatic nitrogens is 4. The first-order valence-electron chi connectivity index (χ1n) is 11.4. The Morgan fingerprint density at radius 2 is 2.00 bits per heavy atom. The number of methoxy groups -OCH3 is 1. The van der Waals surface area contributed by atoms with Crippen molar-refractivity contribution >= 4 is 5.91 Å². The Balaban J connectivity index is 1.43. The summed E-state index contributed by atoms with van der Waals surface area (Å²) < 4.78 is 7.07. The summed E-state index contributed by atoms with van der Waals surface area (Å²) in [5, 5.41) is 13.7. The van der Waals surface area contributed by atoms with Gasteiger partial charge in [0, 0.05) is 50.4 Å². The van der Waals surface area contributed by atoms with E-state index in [2.05, 4.69) is 15.0 Å². The first-order valence-corrected chi connectivity index (χ1v) is 11.4. The van der Waals surface area contributed by atoms with Gasteiger partial charge in [0.15, 0.2) is 0 Å². The van der Waals surface area contributed by atoms with Gasteiger partial charge in [0.1, 0.15) is 5.75 Å². The fourth-order valence-corrected chi connectivity index (χ4v) is 4.31. The van der Waals surface area contributed by atoms with Crippen molar-refractivity contribution < 1.29 is 14.6 Å². The van der Waals surface area contributed by atoms with Crippen LogP contribution in [0.2, 0.25) is 0 Å². The van der Waals surface area contributed by atoms with Crippen LogP contribution >= 0.6 is 0 Å². The number of ether oxygens (including phenoxy) is 1. The number of hydrogen-bond donors (Lipinski definition) is 1. The summed E-state index contributed by atoms with van der Waals surface area (Å²) in [6, 6.07) is 9.59. The van der Waals surface area contributed by atoms with Gasteiger partial charge in [0.2, 0.25) is 0 Å². The van der Waals surface area contributed by atoms with Gasteiger partial charge < -0.3 is 14.7 Å². The zero-order chi connectivity index (χ0) is 22.8. The largest absolute Gasteiger partial charge is 0.497 e. The molecule has 0 unspecified atom stereocenters. The van der Waals surface area contributed by atoms with Gasteiger partial charge in [-0.2, -0.15) is 5.10 Å². The van der Waals surface area contributed by atoms with Crippen molar-refractivity contribution in [2.75, 3.05) is 46.4 Å². The third-order valence-electron chi connectivity index (χ3n) is 6.27. The lowest BCUT2D eigenvalue weighted by atomic mass is 10.1. The van der Waals surface area contributed by atoms with Crippen LogP contribution in [0.1, 0.15) is 34.8 Å². The van der Waals surface area contributed by atoms with Crippen molar-refractivity contribution in [1.29, 1.82) is 0 Å². The smallest absolute Gasteiger partial charge is 0.257 e. The van der Waals surface area contributed by atoms with E-state index in [1.807, 2.05) is 35.2 Å². The van der Waals surface area contributed by atoms with Crippen LogP contribution in [-0.2, 0) is 0 Å². The highest BCUT2D eigenvalue weighted by atomic mass is 16.5. The van der Waals surface area contributed by atoms with Gasteiger partial charge in [-0.15, -0.1) is 0 Å². The first-order chi connectivity index (χ1) is 16.2. The van der Waals surface area contributed by atoms with E-state index in [9.17, 15) is 4.79 Å². The minimum Gasteiger partial charge on any atom is -0.497 e. The maximum absolute atomic E-state index is 13.4. The molecule has 172 valence electrons. The fourth-order valence-electron chi connectivity index (χ4n) is 4.31. The molecular weight excluding hydrogens is 420 g/mol. The van der Waals surface area contributed by atoms with Crippen molar-refractivity contribution in [3.63, 3.8) is 0 Å². The monoisotopic (exact) mass is 448 g/mol. The number of piperazine rings is 1. The quantitative estimate of drug-likeness (QED) is 0.590. The van der Waals surface area contributed by atoms with Gasteiger partial charge in [-0.25, -0.2) is 14.6 Å². The van der Waals surface area contributed by atoms with Crippen LogP contribution in [0.15, 0.2) is 42.7 Å². The predicted molar refractivity (Wildman–Crippen MR) is 123 cm³/mol. The number of rotatable bonds is 7. The van der Waals surface area contributed by atoms with Crippen LogP contribution in [0.3, 0.4) is 0 Å². The molecule has 2 aliphatic rings. The van der Waals surface area contributed by atoms with E-state index in [1.54, 1.807) is 24.2 Å². The Hall–Kier alpha value is -3.30. The average molecular weight is 449 g/mol. The van der Waals surface area contributed by atoms with E-state index < -0.39 is 0 Å². The maximum atomic E-state index is 13.4. The van der Waals surface area contributed by atoms with Crippen molar-refractivity contribution in [3.8, 4) is 23.0 Å². The summed E-state index contributed by atoms with van der Waals surface area (Å²) in [6.07, 6.45) is 5.45. The van der Waals surface area contributed by atoms with E-state index in [0.717, 1.165) is 48.6 Å². The third-order valence-corrected chi connectivity index (χ3v) is 6.27. The van der Waals surface area contributed by atoms with Crippen molar-refractivity contribution in [3.05, 3.63) is 54.0 Å². The van der Waals surface area contributed by atoms with Crippen LogP contribution in [0, 0.1) is 0 Å². The summed E-state index contributed by atoms with van der Waals surface area (Å²) in [5.74, 6) is 1.53. The number of hydrogen-bond acceptors (Lipinski definition) is 7. The molecule has 2 aromatic heterocycles. The van der Waals surface area contributed by atoms with E-state index in [4.69, 9.17) is 14.8 Å². The van der Waals surface area contributed by atoms with Gasteiger partial charge in [-0.1, -0.05) is 12.1 Å². The molecule has 33 heavy (non-hydrogen) atoms. The number of benzene rings is 1. The lowest BCUT2D eigenvalue weighted by molar-refractivity contribution is 0.0614. The van der Waals surface area contributed by atoms with E-state index in [-0.39, 0.29) is 12.5 Å². The fraction of sp³-hybridized carbons (Fsp3) is 0.417. The zero-order valence-corrected chi connectivity index (χ0v) is 18.7. The number of aliphatic hydroxyl groups is 1. The highest BCUT2D eigenvalue weighted by Gasteiger charge is 2.35. The Bertz CT molecular complexity index is 1130. The summed E-state index contributed by atoms with van der Waals surface area (Å²) in [4.78, 5) is 26.6. The normalized spacial score (nSPS) is 16.7. The van der Waals surface area contributed by atoms with Gasteiger partial charge in [0.05, 0.1) is 36.9 Å². The second-order valence-corrected chi connectivity index (χ2v) is 8.46. The Labute approximate surface area is 192 Å². The Morgan fingerprint density at radius 1 is 1.18 bits per heavy atom. The molecule has 0 atom stereocenters. The van der Waals surface area contributed by atoms with Crippen LogP contribution in [0.5, 0.6) is 5.75 Å².